The van der Waals surface area contributed by atoms with Crippen LogP contribution in [0.2, 0.25) is 0 Å². The molecule has 0 aliphatic heterocycles. The fourth-order valence-electron chi connectivity index (χ4n) is 1.70. The minimum Gasteiger partial charge on any atom is -0.298 e. The van der Waals surface area contributed by atoms with E-state index in [4.69, 9.17) is 0 Å². The zero-order valence-corrected chi connectivity index (χ0v) is 9.19. The Kier molecular flexibility index (Phi) is 3.28. The van der Waals surface area contributed by atoms with Crippen LogP contribution in [0.5, 0.6) is 0 Å². The van der Waals surface area contributed by atoms with Crippen molar-refractivity contribution in [2.75, 3.05) is 0 Å². The van der Waals surface area contributed by atoms with Crippen molar-refractivity contribution in [3.05, 3.63) is 59.2 Å². The minimum atomic E-state index is -0.743. The second-order valence-corrected chi connectivity index (χ2v) is 3.68. The molecule has 2 aromatic carbocycles. The Labute approximate surface area is 102 Å². The molecule has 2 nitrogen and oxygen atoms in total. The van der Waals surface area contributed by atoms with Gasteiger partial charge in [-0.25, -0.2) is 8.78 Å². The molecule has 0 amide bonds. The van der Waals surface area contributed by atoms with E-state index in [0.717, 1.165) is 6.07 Å². The molecule has 0 radical (unpaired) electrons. The Morgan fingerprint density at radius 3 is 2.00 bits per heavy atom. The molecule has 0 heterocycles. The first kappa shape index (κ1) is 12.1. The van der Waals surface area contributed by atoms with Gasteiger partial charge in [-0.3, -0.25) is 9.59 Å². The summed E-state index contributed by atoms with van der Waals surface area (Å²) >= 11 is 0. The standard InChI is InChI=1S/C14H8F2O2/c15-13-4-2-1-3-11(13)12-5-9(7-17)10(8-18)6-14(12)16/h1-8H. The predicted molar refractivity (Wildman–Crippen MR) is 62.6 cm³/mol. The third-order valence-corrected chi connectivity index (χ3v) is 2.59. The van der Waals surface area contributed by atoms with E-state index in [2.05, 4.69) is 0 Å². The molecular formula is C14H8F2O2. The van der Waals surface area contributed by atoms with Gasteiger partial charge in [0.25, 0.3) is 0 Å². The summed E-state index contributed by atoms with van der Waals surface area (Å²) in [4.78, 5) is 21.4. The van der Waals surface area contributed by atoms with Crippen molar-refractivity contribution in [3.8, 4) is 11.1 Å². The average molecular weight is 246 g/mol. The molecule has 0 fully saturated rings. The molecule has 0 unspecified atom stereocenters. The van der Waals surface area contributed by atoms with E-state index in [0.29, 0.717) is 12.6 Å². The lowest BCUT2D eigenvalue weighted by molar-refractivity contribution is 0.109. The predicted octanol–water partition coefficient (Wildman–Crippen LogP) is 3.26. The van der Waals surface area contributed by atoms with Crippen molar-refractivity contribution in [1.29, 1.82) is 0 Å². The Bertz CT molecular complexity index is 621. The number of aldehydes is 2. The molecule has 0 atom stereocenters. The summed E-state index contributed by atoms with van der Waals surface area (Å²) in [6, 6.07) is 7.75. The van der Waals surface area contributed by atoms with Crippen LogP contribution in [-0.2, 0) is 0 Å². The van der Waals surface area contributed by atoms with Gasteiger partial charge in [-0.15, -0.1) is 0 Å². The van der Waals surface area contributed by atoms with Crippen molar-refractivity contribution in [3.63, 3.8) is 0 Å². The zero-order valence-electron chi connectivity index (χ0n) is 9.19. The van der Waals surface area contributed by atoms with Gasteiger partial charge < -0.3 is 0 Å². The van der Waals surface area contributed by atoms with Gasteiger partial charge in [0.1, 0.15) is 11.6 Å². The Balaban J connectivity index is 2.69. The van der Waals surface area contributed by atoms with E-state index in [-0.39, 0.29) is 22.3 Å². The number of hydrogen-bond acceptors (Lipinski definition) is 2. The lowest BCUT2D eigenvalue weighted by atomic mass is 9.99. The van der Waals surface area contributed by atoms with E-state index in [1.54, 1.807) is 6.07 Å². The van der Waals surface area contributed by atoms with Crippen LogP contribution >= 0.6 is 0 Å². The molecule has 0 N–H and O–H groups in total. The molecule has 0 aliphatic carbocycles. The first-order valence-electron chi connectivity index (χ1n) is 5.16. The Hall–Kier alpha value is -2.36. The summed E-state index contributed by atoms with van der Waals surface area (Å²) < 4.78 is 27.3. The quantitative estimate of drug-likeness (QED) is 0.779. The summed E-state index contributed by atoms with van der Waals surface area (Å²) in [5.74, 6) is -1.33. The highest BCUT2D eigenvalue weighted by molar-refractivity contribution is 5.92. The highest BCUT2D eigenvalue weighted by Gasteiger charge is 2.13. The molecule has 0 spiro atoms. The first-order valence-corrected chi connectivity index (χ1v) is 5.16. The third-order valence-electron chi connectivity index (χ3n) is 2.59. The van der Waals surface area contributed by atoms with Gasteiger partial charge in [-0.1, -0.05) is 18.2 Å². The maximum atomic E-state index is 13.8. The molecule has 0 aromatic heterocycles. The van der Waals surface area contributed by atoms with Gasteiger partial charge in [-0.05, 0) is 18.2 Å². The van der Waals surface area contributed by atoms with Crippen molar-refractivity contribution in [1.82, 2.24) is 0 Å². The zero-order chi connectivity index (χ0) is 13.1. The monoisotopic (exact) mass is 246 g/mol. The highest BCUT2D eigenvalue weighted by atomic mass is 19.1. The molecule has 2 rings (SSSR count). The van der Waals surface area contributed by atoms with E-state index in [1.807, 2.05) is 0 Å². The number of hydrogen-bond donors (Lipinski definition) is 0. The summed E-state index contributed by atoms with van der Waals surface area (Å²) in [6.45, 7) is 0. The van der Waals surface area contributed by atoms with Crippen LogP contribution in [0.1, 0.15) is 20.7 Å². The lowest BCUT2D eigenvalue weighted by Crippen LogP contribution is -1.96. The van der Waals surface area contributed by atoms with E-state index >= 15 is 0 Å². The average Bonchev–Trinajstić information content (AvgIpc) is 2.39. The maximum Gasteiger partial charge on any atom is 0.150 e. The summed E-state index contributed by atoms with van der Waals surface area (Å²) in [5.41, 5.74) is -0.0106. The maximum absolute atomic E-state index is 13.8. The molecule has 18 heavy (non-hydrogen) atoms. The minimum absolute atomic E-state index is 0.0321. The van der Waals surface area contributed by atoms with E-state index in [9.17, 15) is 18.4 Å². The topological polar surface area (TPSA) is 34.1 Å². The van der Waals surface area contributed by atoms with Crippen LogP contribution < -0.4 is 0 Å². The Morgan fingerprint density at radius 1 is 0.778 bits per heavy atom. The first-order chi connectivity index (χ1) is 8.67. The number of carbonyl (C=O) groups is 2. The second kappa shape index (κ2) is 4.87. The SMILES string of the molecule is O=Cc1cc(F)c(-c2ccccc2F)cc1C=O. The van der Waals surface area contributed by atoms with Crippen LogP contribution in [0, 0.1) is 11.6 Å². The van der Waals surface area contributed by atoms with Crippen molar-refractivity contribution < 1.29 is 18.4 Å². The normalized spacial score (nSPS) is 10.1. The molecule has 2 aromatic rings. The summed E-state index contributed by atoms with van der Waals surface area (Å²) in [7, 11) is 0. The molecule has 0 aliphatic rings. The van der Waals surface area contributed by atoms with Crippen LogP contribution in [0.4, 0.5) is 8.78 Å². The van der Waals surface area contributed by atoms with Crippen LogP contribution in [0.25, 0.3) is 11.1 Å². The second-order valence-electron chi connectivity index (χ2n) is 3.68. The van der Waals surface area contributed by atoms with E-state index in [1.165, 1.54) is 24.3 Å². The van der Waals surface area contributed by atoms with E-state index < -0.39 is 11.6 Å². The van der Waals surface area contributed by atoms with Gasteiger partial charge in [0, 0.05) is 22.3 Å². The van der Waals surface area contributed by atoms with Crippen LogP contribution in [0.3, 0.4) is 0 Å². The van der Waals surface area contributed by atoms with Gasteiger partial charge in [0.15, 0.2) is 12.6 Å². The molecule has 0 saturated heterocycles. The van der Waals surface area contributed by atoms with Crippen molar-refractivity contribution >= 4 is 12.6 Å². The number of benzene rings is 2. The van der Waals surface area contributed by atoms with Crippen molar-refractivity contribution in [2.45, 2.75) is 0 Å². The largest absolute Gasteiger partial charge is 0.298 e. The summed E-state index contributed by atoms with van der Waals surface area (Å²) in [5, 5.41) is 0. The van der Waals surface area contributed by atoms with Crippen molar-refractivity contribution in [2.24, 2.45) is 0 Å². The molecule has 0 bridgehead atoms. The van der Waals surface area contributed by atoms with Crippen LogP contribution in [-0.4, -0.2) is 12.6 Å². The van der Waals surface area contributed by atoms with Gasteiger partial charge >= 0.3 is 0 Å². The van der Waals surface area contributed by atoms with Gasteiger partial charge in [0.05, 0.1) is 0 Å². The third kappa shape index (κ3) is 2.05. The van der Waals surface area contributed by atoms with Gasteiger partial charge in [-0.2, -0.15) is 0 Å². The smallest absolute Gasteiger partial charge is 0.150 e. The fourth-order valence-corrected chi connectivity index (χ4v) is 1.70. The van der Waals surface area contributed by atoms with Crippen LogP contribution in [0.15, 0.2) is 36.4 Å². The lowest BCUT2D eigenvalue weighted by Gasteiger charge is -2.07. The fraction of sp³-hybridized carbons (Fsp3) is 0. The molecule has 0 saturated carbocycles. The number of carbonyl (C=O) groups excluding carboxylic acids is 2. The summed E-state index contributed by atoms with van der Waals surface area (Å²) in [6.07, 6.45) is 0.825. The molecule has 90 valence electrons. The number of rotatable bonds is 3. The highest BCUT2D eigenvalue weighted by Crippen LogP contribution is 2.27. The molecule has 4 heteroatoms. The van der Waals surface area contributed by atoms with Gasteiger partial charge in [0.2, 0.25) is 0 Å². The molecular weight excluding hydrogens is 238 g/mol. The Morgan fingerprint density at radius 2 is 1.39 bits per heavy atom. The number of halogens is 2.